The first-order valence-corrected chi connectivity index (χ1v) is 11.5. The van der Waals surface area contributed by atoms with Gasteiger partial charge in [-0.3, -0.25) is 4.79 Å². The highest BCUT2D eigenvalue weighted by atomic mass is 79.9. The molecule has 0 saturated carbocycles. The van der Waals surface area contributed by atoms with E-state index in [-0.39, 0.29) is 5.75 Å². The molecule has 182 valence electrons. The number of esters is 1. The zero-order valence-electron chi connectivity index (χ0n) is 19.5. The predicted octanol–water partition coefficient (Wildman–Crippen LogP) is 5.24. The first-order valence-electron chi connectivity index (χ1n) is 10.7. The van der Waals surface area contributed by atoms with Crippen molar-refractivity contribution in [3.63, 3.8) is 0 Å². The van der Waals surface area contributed by atoms with Gasteiger partial charge in [0, 0.05) is 15.6 Å². The van der Waals surface area contributed by atoms with Gasteiger partial charge in [-0.15, -0.1) is 0 Å². The average Bonchev–Trinajstić information content (AvgIpc) is 2.88. The van der Waals surface area contributed by atoms with Crippen molar-refractivity contribution in [1.82, 2.24) is 5.43 Å². The summed E-state index contributed by atoms with van der Waals surface area (Å²) in [6.07, 6.45) is 2.29. The Morgan fingerprint density at radius 1 is 0.914 bits per heavy atom. The summed E-state index contributed by atoms with van der Waals surface area (Å²) >= 11 is 3.39. The Morgan fingerprint density at radius 3 is 2.29 bits per heavy atom. The van der Waals surface area contributed by atoms with Crippen LogP contribution in [0.5, 0.6) is 23.0 Å². The van der Waals surface area contributed by atoms with E-state index in [0.29, 0.717) is 40.5 Å². The van der Waals surface area contributed by atoms with Crippen LogP contribution in [0.3, 0.4) is 0 Å². The summed E-state index contributed by atoms with van der Waals surface area (Å²) in [7, 11) is 3.00. The fraction of sp³-hybridized carbons (Fsp3) is 0.192. The van der Waals surface area contributed by atoms with Crippen LogP contribution in [0.4, 0.5) is 0 Å². The number of carbonyl (C=O) groups excluding carboxylic acids is 2. The molecule has 0 radical (unpaired) electrons. The van der Waals surface area contributed by atoms with Gasteiger partial charge in [0.05, 0.1) is 32.6 Å². The summed E-state index contributed by atoms with van der Waals surface area (Å²) in [6, 6.07) is 16.6. The normalized spacial score (nSPS) is 10.6. The van der Waals surface area contributed by atoms with Gasteiger partial charge in [-0.05, 0) is 67.1 Å². The number of methoxy groups -OCH3 is 2. The van der Waals surface area contributed by atoms with E-state index in [1.54, 1.807) is 60.7 Å². The standard InChI is InChI=1S/C26H25BrN2O6/c1-4-13-34-21-9-5-17(6-10-21)26(31)35-22-12-8-20(27)14-19(22)16-28-29-25(30)18-7-11-23(32-2)24(15-18)33-3/h5-12,14-16H,4,13H2,1-3H3,(H,29,30)/b28-16+. The Balaban J connectivity index is 1.70. The lowest BCUT2D eigenvalue weighted by atomic mass is 10.2. The van der Waals surface area contributed by atoms with Gasteiger partial charge in [0.1, 0.15) is 11.5 Å². The van der Waals surface area contributed by atoms with Crippen molar-refractivity contribution in [2.24, 2.45) is 5.10 Å². The zero-order chi connectivity index (χ0) is 25.2. The van der Waals surface area contributed by atoms with E-state index in [1.807, 2.05) is 6.92 Å². The third-order valence-corrected chi connectivity index (χ3v) is 5.25. The average molecular weight is 541 g/mol. The molecule has 0 spiro atoms. The van der Waals surface area contributed by atoms with Gasteiger partial charge >= 0.3 is 5.97 Å². The first kappa shape index (κ1) is 25.8. The molecular formula is C26H25BrN2O6. The Labute approximate surface area is 212 Å². The molecule has 0 aromatic heterocycles. The van der Waals surface area contributed by atoms with Crippen LogP contribution in [0.2, 0.25) is 0 Å². The molecule has 0 bridgehead atoms. The van der Waals surface area contributed by atoms with Gasteiger partial charge in [0.15, 0.2) is 11.5 Å². The minimum atomic E-state index is -0.529. The van der Waals surface area contributed by atoms with Crippen molar-refractivity contribution in [3.8, 4) is 23.0 Å². The molecule has 3 aromatic carbocycles. The molecule has 9 heteroatoms. The van der Waals surface area contributed by atoms with Crippen LogP contribution >= 0.6 is 15.9 Å². The molecule has 0 heterocycles. The number of hydrogen-bond donors (Lipinski definition) is 1. The maximum Gasteiger partial charge on any atom is 0.343 e. The lowest BCUT2D eigenvalue weighted by molar-refractivity contribution is 0.0734. The van der Waals surface area contributed by atoms with Crippen LogP contribution < -0.4 is 24.4 Å². The highest BCUT2D eigenvalue weighted by Gasteiger charge is 2.13. The van der Waals surface area contributed by atoms with Crippen LogP contribution in [-0.4, -0.2) is 38.9 Å². The second-order valence-electron chi connectivity index (χ2n) is 7.21. The lowest BCUT2D eigenvalue weighted by Gasteiger charge is -2.10. The quantitative estimate of drug-likeness (QED) is 0.163. The zero-order valence-corrected chi connectivity index (χ0v) is 21.1. The highest BCUT2D eigenvalue weighted by molar-refractivity contribution is 9.10. The number of amides is 1. The van der Waals surface area contributed by atoms with E-state index < -0.39 is 11.9 Å². The third kappa shape index (κ3) is 7.07. The lowest BCUT2D eigenvalue weighted by Crippen LogP contribution is -2.18. The van der Waals surface area contributed by atoms with Crippen LogP contribution in [-0.2, 0) is 0 Å². The molecule has 3 aromatic rings. The summed E-state index contributed by atoms with van der Waals surface area (Å²) in [5.41, 5.74) is 3.66. The number of halogens is 1. The molecular weight excluding hydrogens is 516 g/mol. The summed E-state index contributed by atoms with van der Waals surface area (Å²) in [5.74, 6) is 0.935. The SMILES string of the molecule is CCCOc1ccc(C(=O)Oc2ccc(Br)cc2/C=N/NC(=O)c2ccc(OC)c(OC)c2)cc1. The van der Waals surface area contributed by atoms with Crippen molar-refractivity contribution < 1.29 is 28.5 Å². The minimum Gasteiger partial charge on any atom is -0.494 e. The monoisotopic (exact) mass is 540 g/mol. The molecule has 35 heavy (non-hydrogen) atoms. The van der Waals surface area contributed by atoms with Crippen molar-refractivity contribution in [1.29, 1.82) is 0 Å². The predicted molar refractivity (Wildman–Crippen MR) is 136 cm³/mol. The minimum absolute atomic E-state index is 0.286. The van der Waals surface area contributed by atoms with Crippen molar-refractivity contribution in [3.05, 3.63) is 81.8 Å². The molecule has 0 atom stereocenters. The molecule has 0 aliphatic heterocycles. The number of ether oxygens (including phenoxy) is 4. The number of carbonyl (C=O) groups is 2. The topological polar surface area (TPSA) is 95.5 Å². The summed E-state index contributed by atoms with van der Waals surface area (Å²) in [4.78, 5) is 25.1. The molecule has 8 nitrogen and oxygen atoms in total. The number of nitrogens with one attached hydrogen (secondary N) is 1. The van der Waals surface area contributed by atoms with E-state index >= 15 is 0 Å². The molecule has 1 amide bonds. The van der Waals surface area contributed by atoms with E-state index in [4.69, 9.17) is 18.9 Å². The maximum atomic E-state index is 12.6. The smallest absolute Gasteiger partial charge is 0.343 e. The largest absolute Gasteiger partial charge is 0.494 e. The number of benzene rings is 3. The van der Waals surface area contributed by atoms with Crippen LogP contribution in [0.15, 0.2) is 70.2 Å². The summed E-state index contributed by atoms with van der Waals surface area (Å²) in [6.45, 7) is 2.63. The number of nitrogens with zero attached hydrogens (tertiary/aromatic N) is 1. The van der Waals surface area contributed by atoms with Gasteiger partial charge in [-0.2, -0.15) is 5.10 Å². The van der Waals surface area contributed by atoms with Crippen LogP contribution in [0, 0.1) is 0 Å². The van der Waals surface area contributed by atoms with E-state index in [0.717, 1.165) is 10.9 Å². The van der Waals surface area contributed by atoms with Gasteiger partial charge in [-0.25, -0.2) is 10.2 Å². The second kappa shape index (κ2) is 12.6. The molecule has 0 aliphatic rings. The Kier molecular flexibility index (Phi) is 9.25. The third-order valence-electron chi connectivity index (χ3n) is 4.75. The maximum absolute atomic E-state index is 12.6. The van der Waals surface area contributed by atoms with Crippen molar-refractivity contribution in [2.45, 2.75) is 13.3 Å². The van der Waals surface area contributed by atoms with Gasteiger partial charge in [-0.1, -0.05) is 22.9 Å². The molecule has 3 rings (SSSR count). The van der Waals surface area contributed by atoms with E-state index in [1.165, 1.54) is 20.4 Å². The Hall–Kier alpha value is -3.85. The molecule has 1 N–H and O–H groups in total. The molecule has 0 saturated heterocycles. The summed E-state index contributed by atoms with van der Waals surface area (Å²) < 4.78 is 22.3. The van der Waals surface area contributed by atoms with Crippen LogP contribution in [0.25, 0.3) is 0 Å². The fourth-order valence-corrected chi connectivity index (χ4v) is 3.36. The van der Waals surface area contributed by atoms with Gasteiger partial charge in [0.25, 0.3) is 5.91 Å². The molecule has 0 fully saturated rings. The van der Waals surface area contributed by atoms with Crippen molar-refractivity contribution >= 4 is 34.0 Å². The number of hydrogen-bond acceptors (Lipinski definition) is 7. The number of rotatable bonds is 10. The Morgan fingerprint density at radius 2 is 1.60 bits per heavy atom. The highest BCUT2D eigenvalue weighted by Crippen LogP contribution is 2.27. The van der Waals surface area contributed by atoms with Gasteiger partial charge < -0.3 is 18.9 Å². The fourth-order valence-electron chi connectivity index (χ4n) is 2.98. The van der Waals surface area contributed by atoms with E-state index in [2.05, 4.69) is 26.5 Å². The van der Waals surface area contributed by atoms with Crippen LogP contribution in [0.1, 0.15) is 39.6 Å². The van der Waals surface area contributed by atoms with Crippen molar-refractivity contribution in [2.75, 3.05) is 20.8 Å². The number of hydrazone groups is 1. The summed E-state index contributed by atoms with van der Waals surface area (Å²) in [5, 5.41) is 4.01. The first-order chi connectivity index (χ1) is 16.9. The molecule has 0 aliphatic carbocycles. The molecule has 0 unspecified atom stereocenters. The Bertz CT molecular complexity index is 1210. The van der Waals surface area contributed by atoms with Gasteiger partial charge in [0.2, 0.25) is 0 Å². The second-order valence-corrected chi connectivity index (χ2v) is 8.13. The van der Waals surface area contributed by atoms with E-state index in [9.17, 15) is 9.59 Å².